The van der Waals surface area contributed by atoms with Crippen molar-refractivity contribution in [2.45, 2.75) is 49.7 Å². The maximum atomic E-state index is 13.0. The number of ether oxygens (including phenoxy) is 2. The summed E-state index contributed by atoms with van der Waals surface area (Å²) < 4.78 is 11.8. The van der Waals surface area contributed by atoms with E-state index in [0.29, 0.717) is 24.9 Å². The highest BCUT2D eigenvalue weighted by atomic mass is 16.6. The molecule has 0 aromatic heterocycles. The van der Waals surface area contributed by atoms with Crippen LogP contribution >= 0.6 is 0 Å². The molecule has 1 N–H and O–H groups in total. The zero-order chi connectivity index (χ0) is 24.2. The third-order valence-corrected chi connectivity index (χ3v) is 7.42. The van der Waals surface area contributed by atoms with Crippen LogP contribution in [0.15, 0.2) is 67.3 Å². The summed E-state index contributed by atoms with van der Waals surface area (Å²) in [5.41, 5.74) is 0.596. The molecule has 6 heteroatoms. The molecule has 0 unspecified atom stereocenters. The predicted octanol–water partition coefficient (Wildman–Crippen LogP) is 4.11. The largest absolute Gasteiger partial charge is 0.497 e. The van der Waals surface area contributed by atoms with Crippen LogP contribution in [0.25, 0.3) is 0 Å². The Hall–Kier alpha value is -3.12. The quantitative estimate of drug-likeness (QED) is 0.496. The van der Waals surface area contributed by atoms with E-state index in [1.807, 2.05) is 48.5 Å². The summed E-state index contributed by atoms with van der Waals surface area (Å²) >= 11 is 0. The molecule has 1 aliphatic heterocycles. The van der Waals surface area contributed by atoms with Crippen molar-refractivity contribution in [1.29, 1.82) is 0 Å². The van der Waals surface area contributed by atoms with E-state index >= 15 is 0 Å². The fraction of sp³-hybridized carbons (Fsp3) is 0.429. The minimum Gasteiger partial charge on any atom is -0.497 e. The SMILES string of the molecule is C=CCN1CC[C@@]2(c3cccc(OC)c3)C[C@@H](NC(=O)c3ccccc3)CC[C@]2(OC(C)=O)C1. The molecule has 34 heavy (non-hydrogen) atoms. The van der Waals surface area contributed by atoms with Gasteiger partial charge in [0.15, 0.2) is 0 Å². The van der Waals surface area contributed by atoms with E-state index in [1.54, 1.807) is 7.11 Å². The van der Waals surface area contributed by atoms with E-state index in [9.17, 15) is 9.59 Å². The Morgan fingerprint density at radius 1 is 1.18 bits per heavy atom. The number of rotatable bonds is 7. The molecule has 0 spiro atoms. The molecule has 1 heterocycles. The summed E-state index contributed by atoms with van der Waals surface area (Å²) in [7, 11) is 1.66. The smallest absolute Gasteiger partial charge is 0.303 e. The molecule has 2 aromatic rings. The molecule has 0 radical (unpaired) electrons. The van der Waals surface area contributed by atoms with Gasteiger partial charge in [-0.15, -0.1) is 6.58 Å². The van der Waals surface area contributed by atoms with E-state index in [-0.39, 0.29) is 17.9 Å². The standard InChI is InChI=1S/C28H34N2O4/c1-4-16-30-17-15-27(23-11-8-12-25(18-23)33-3)19-24(13-14-28(27,20-30)34-21(2)31)29-26(32)22-9-6-5-7-10-22/h4-12,18,24H,1,13-17,19-20H2,2-3H3,(H,29,32)/t24-,27-,28-/m0/s1. The number of fused-ring (bicyclic) bond motifs is 1. The third kappa shape index (κ3) is 4.60. The molecule has 1 saturated heterocycles. The Kier molecular flexibility index (Phi) is 7.08. The molecule has 1 aliphatic carbocycles. The Morgan fingerprint density at radius 2 is 1.97 bits per heavy atom. The first-order valence-corrected chi connectivity index (χ1v) is 11.9. The monoisotopic (exact) mass is 462 g/mol. The zero-order valence-electron chi connectivity index (χ0n) is 20.1. The Bertz CT molecular complexity index is 1040. The molecule has 6 nitrogen and oxygen atoms in total. The first-order valence-electron chi connectivity index (χ1n) is 11.9. The van der Waals surface area contributed by atoms with Crippen LogP contribution in [-0.2, 0) is 14.9 Å². The summed E-state index contributed by atoms with van der Waals surface area (Å²) in [4.78, 5) is 27.7. The number of piperidine rings is 1. The van der Waals surface area contributed by atoms with Gasteiger partial charge in [-0.2, -0.15) is 0 Å². The van der Waals surface area contributed by atoms with Crippen LogP contribution in [0.3, 0.4) is 0 Å². The number of likely N-dealkylation sites (tertiary alicyclic amines) is 1. The van der Waals surface area contributed by atoms with Gasteiger partial charge in [0.05, 0.1) is 7.11 Å². The maximum Gasteiger partial charge on any atom is 0.303 e. The fourth-order valence-corrected chi connectivity index (χ4v) is 5.93. The van der Waals surface area contributed by atoms with Gasteiger partial charge in [0.1, 0.15) is 11.4 Å². The van der Waals surface area contributed by atoms with Gasteiger partial charge in [-0.1, -0.05) is 36.4 Å². The average Bonchev–Trinajstić information content (AvgIpc) is 2.84. The summed E-state index contributed by atoms with van der Waals surface area (Å²) in [6, 6.07) is 17.3. The second-order valence-electron chi connectivity index (χ2n) is 9.45. The Balaban J connectivity index is 1.73. The van der Waals surface area contributed by atoms with Crippen molar-refractivity contribution in [2.24, 2.45) is 0 Å². The lowest BCUT2D eigenvalue weighted by molar-refractivity contribution is -0.186. The molecule has 1 saturated carbocycles. The first-order chi connectivity index (χ1) is 16.4. The number of benzene rings is 2. The van der Waals surface area contributed by atoms with Crippen molar-refractivity contribution in [3.8, 4) is 5.75 Å². The predicted molar refractivity (Wildman–Crippen MR) is 132 cm³/mol. The third-order valence-electron chi connectivity index (χ3n) is 7.42. The number of hydrogen-bond donors (Lipinski definition) is 1. The minimum atomic E-state index is -0.694. The topological polar surface area (TPSA) is 67.9 Å². The molecule has 2 aromatic carbocycles. The number of methoxy groups -OCH3 is 1. The highest BCUT2D eigenvalue weighted by Gasteiger charge is 2.60. The van der Waals surface area contributed by atoms with Crippen LogP contribution in [0.2, 0.25) is 0 Å². The lowest BCUT2D eigenvalue weighted by Gasteiger charge is -2.59. The molecule has 2 aliphatic rings. The van der Waals surface area contributed by atoms with E-state index in [2.05, 4.69) is 28.9 Å². The molecular formula is C28H34N2O4. The molecule has 3 atom stereocenters. The normalized spacial score (nSPS) is 26.7. The van der Waals surface area contributed by atoms with Gasteiger partial charge >= 0.3 is 5.97 Å². The number of nitrogens with zero attached hydrogens (tertiary/aromatic N) is 1. The van der Waals surface area contributed by atoms with Gasteiger partial charge in [0.25, 0.3) is 5.91 Å². The molecule has 2 fully saturated rings. The van der Waals surface area contributed by atoms with Crippen molar-refractivity contribution >= 4 is 11.9 Å². The van der Waals surface area contributed by atoms with Crippen LogP contribution in [0.5, 0.6) is 5.75 Å². The van der Waals surface area contributed by atoms with Gasteiger partial charge in [0, 0.05) is 37.0 Å². The van der Waals surface area contributed by atoms with Crippen molar-refractivity contribution < 1.29 is 19.1 Å². The lowest BCUT2D eigenvalue weighted by Crippen LogP contribution is -2.68. The van der Waals surface area contributed by atoms with E-state index in [0.717, 1.165) is 37.2 Å². The number of amides is 1. The van der Waals surface area contributed by atoms with Gasteiger partial charge in [-0.25, -0.2) is 0 Å². The molecular weight excluding hydrogens is 428 g/mol. The van der Waals surface area contributed by atoms with Crippen LogP contribution in [0, 0.1) is 0 Å². The number of carbonyl (C=O) groups excluding carboxylic acids is 2. The van der Waals surface area contributed by atoms with Crippen molar-refractivity contribution in [2.75, 3.05) is 26.7 Å². The van der Waals surface area contributed by atoms with Crippen LogP contribution < -0.4 is 10.1 Å². The first kappa shape index (κ1) is 24.0. The van der Waals surface area contributed by atoms with Gasteiger partial charge < -0.3 is 14.8 Å². The Labute approximate surface area is 201 Å². The Morgan fingerprint density at radius 3 is 2.68 bits per heavy atom. The van der Waals surface area contributed by atoms with E-state index < -0.39 is 11.0 Å². The molecule has 1 amide bonds. The van der Waals surface area contributed by atoms with Crippen LogP contribution in [-0.4, -0.2) is 55.2 Å². The molecule has 180 valence electrons. The van der Waals surface area contributed by atoms with Crippen molar-refractivity contribution in [1.82, 2.24) is 10.2 Å². The van der Waals surface area contributed by atoms with Gasteiger partial charge in [0.2, 0.25) is 0 Å². The zero-order valence-corrected chi connectivity index (χ0v) is 20.1. The van der Waals surface area contributed by atoms with Gasteiger partial charge in [-0.3, -0.25) is 14.5 Å². The average molecular weight is 463 g/mol. The minimum absolute atomic E-state index is 0.0338. The lowest BCUT2D eigenvalue weighted by atomic mass is 9.55. The van der Waals surface area contributed by atoms with Crippen LogP contribution in [0.4, 0.5) is 0 Å². The summed E-state index contributed by atoms with van der Waals surface area (Å²) in [5.74, 6) is 0.419. The number of esters is 1. The van der Waals surface area contributed by atoms with Gasteiger partial charge in [-0.05, 0) is 62.1 Å². The van der Waals surface area contributed by atoms with E-state index in [4.69, 9.17) is 9.47 Å². The van der Waals surface area contributed by atoms with E-state index in [1.165, 1.54) is 6.92 Å². The molecule has 0 bridgehead atoms. The second-order valence-corrected chi connectivity index (χ2v) is 9.45. The summed E-state index contributed by atoms with van der Waals surface area (Å²) in [6.45, 7) is 7.62. The summed E-state index contributed by atoms with van der Waals surface area (Å²) in [5, 5.41) is 3.26. The highest BCUT2D eigenvalue weighted by molar-refractivity contribution is 5.94. The number of hydrogen-bond acceptors (Lipinski definition) is 5. The maximum absolute atomic E-state index is 13.0. The molecule has 4 rings (SSSR count). The van der Waals surface area contributed by atoms with Crippen LogP contribution in [0.1, 0.15) is 48.5 Å². The second kappa shape index (κ2) is 10.0. The number of carbonyl (C=O) groups is 2. The van der Waals surface area contributed by atoms with Crippen molar-refractivity contribution in [3.05, 3.63) is 78.4 Å². The van der Waals surface area contributed by atoms with Crippen molar-refractivity contribution in [3.63, 3.8) is 0 Å². The summed E-state index contributed by atoms with van der Waals surface area (Å²) in [6.07, 6.45) is 4.79. The highest BCUT2D eigenvalue weighted by Crippen LogP contribution is 2.54. The fourth-order valence-electron chi connectivity index (χ4n) is 5.93. The number of nitrogens with one attached hydrogen (secondary N) is 1.